The summed E-state index contributed by atoms with van der Waals surface area (Å²) in [6, 6.07) is 5.65. The summed E-state index contributed by atoms with van der Waals surface area (Å²) in [7, 11) is -3.60. The van der Waals surface area contributed by atoms with E-state index in [0.717, 1.165) is 0 Å². The van der Waals surface area contributed by atoms with E-state index in [1.807, 2.05) is 0 Å². The lowest BCUT2D eigenvalue weighted by Crippen LogP contribution is -2.40. The van der Waals surface area contributed by atoms with Gasteiger partial charge in [-0.05, 0) is 37.1 Å². The smallest absolute Gasteiger partial charge is 0.311 e. The summed E-state index contributed by atoms with van der Waals surface area (Å²) in [5.41, 5.74) is -0.544. The molecule has 1 aliphatic carbocycles. The lowest BCUT2D eigenvalue weighted by molar-refractivity contribution is -0.143. The highest BCUT2D eigenvalue weighted by Crippen LogP contribution is 2.45. The first kappa shape index (κ1) is 17.8. The molecule has 0 aromatic heterocycles. The average Bonchev–Trinajstić information content (AvgIpc) is 3.42. The number of nitrogens with zero attached hydrogens (tertiary/aromatic N) is 1. The minimum Gasteiger partial charge on any atom is -0.481 e. The normalized spacial score (nSPS) is 20.0. The predicted octanol–water partition coefficient (Wildman–Crippen LogP) is 0.302. The number of benzene rings is 1. The van der Waals surface area contributed by atoms with Gasteiger partial charge in [-0.15, -0.1) is 0 Å². The number of carboxylic acids is 1. The molecule has 2 fully saturated rings. The SMILES string of the molecule is O=C(NCC1(C(=O)O)CC1)c1ccc(S(=O)(=O)N2CCOCC2)cc1. The largest absolute Gasteiger partial charge is 0.481 e. The molecule has 1 saturated heterocycles. The van der Waals surface area contributed by atoms with Crippen LogP contribution in [0.5, 0.6) is 0 Å². The van der Waals surface area contributed by atoms with E-state index in [2.05, 4.69) is 5.32 Å². The molecule has 1 amide bonds. The van der Waals surface area contributed by atoms with Gasteiger partial charge in [-0.3, -0.25) is 9.59 Å². The highest BCUT2D eigenvalue weighted by Gasteiger charge is 2.50. The Balaban J connectivity index is 1.65. The number of nitrogens with one attached hydrogen (secondary N) is 1. The van der Waals surface area contributed by atoms with E-state index in [9.17, 15) is 18.0 Å². The van der Waals surface area contributed by atoms with Gasteiger partial charge in [-0.1, -0.05) is 0 Å². The molecule has 0 atom stereocenters. The van der Waals surface area contributed by atoms with Gasteiger partial charge >= 0.3 is 5.97 Å². The zero-order valence-electron chi connectivity index (χ0n) is 13.6. The van der Waals surface area contributed by atoms with Gasteiger partial charge in [-0.25, -0.2) is 8.42 Å². The predicted molar refractivity (Wildman–Crippen MR) is 87.7 cm³/mol. The number of carbonyl (C=O) groups is 2. The van der Waals surface area contributed by atoms with Crippen molar-refractivity contribution in [3.05, 3.63) is 29.8 Å². The van der Waals surface area contributed by atoms with Crippen molar-refractivity contribution in [2.75, 3.05) is 32.8 Å². The number of morpholine rings is 1. The number of ether oxygens (including phenoxy) is 1. The summed E-state index contributed by atoms with van der Waals surface area (Å²) in [5.74, 6) is -1.32. The number of sulfonamides is 1. The van der Waals surface area contributed by atoms with Crippen molar-refractivity contribution in [1.29, 1.82) is 0 Å². The van der Waals surface area contributed by atoms with Gasteiger partial charge in [0.2, 0.25) is 10.0 Å². The fourth-order valence-electron chi connectivity index (χ4n) is 2.68. The van der Waals surface area contributed by atoms with Crippen molar-refractivity contribution in [1.82, 2.24) is 9.62 Å². The summed E-state index contributed by atoms with van der Waals surface area (Å²) < 4.78 is 31.5. The lowest BCUT2D eigenvalue weighted by atomic mass is 10.1. The minimum absolute atomic E-state index is 0.0784. The lowest BCUT2D eigenvalue weighted by Gasteiger charge is -2.26. The second-order valence-corrected chi connectivity index (χ2v) is 8.25. The van der Waals surface area contributed by atoms with Crippen molar-refractivity contribution >= 4 is 21.9 Å². The van der Waals surface area contributed by atoms with Crippen molar-refractivity contribution in [3.63, 3.8) is 0 Å². The summed E-state index contributed by atoms with van der Waals surface area (Å²) in [5, 5.41) is 11.7. The van der Waals surface area contributed by atoms with Crippen LogP contribution in [-0.4, -0.2) is 62.6 Å². The van der Waals surface area contributed by atoms with E-state index in [1.165, 1.54) is 28.6 Å². The van der Waals surface area contributed by atoms with Gasteiger partial charge in [0, 0.05) is 25.2 Å². The van der Waals surface area contributed by atoms with Crippen LogP contribution in [0, 0.1) is 5.41 Å². The summed E-state index contributed by atoms with van der Waals surface area (Å²) in [6.07, 6.45) is 1.11. The minimum atomic E-state index is -3.60. The molecule has 0 radical (unpaired) electrons. The van der Waals surface area contributed by atoms with Crippen LogP contribution in [0.1, 0.15) is 23.2 Å². The van der Waals surface area contributed by atoms with Crippen molar-refractivity contribution < 1.29 is 27.9 Å². The first-order chi connectivity index (χ1) is 11.8. The number of aliphatic carboxylic acids is 1. The standard InChI is InChI=1S/C16H20N2O6S/c19-14(17-11-16(5-6-16)15(20)21)12-1-3-13(4-2-12)25(22,23)18-7-9-24-10-8-18/h1-4H,5-11H2,(H,17,19)(H,20,21). The number of carboxylic acid groups (broad SMARTS) is 1. The van der Waals surface area contributed by atoms with Gasteiger partial charge in [0.05, 0.1) is 23.5 Å². The van der Waals surface area contributed by atoms with Crippen molar-refractivity contribution in [2.45, 2.75) is 17.7 Å². The van der Waals surface area contributed by atoms with Crippen LogP contribution in [0.4, 0.5) is 0 Å². The first-order valence-electron chi connectivity index (χ1n) is 8.05. The Bertz CT molecular complexity index is 764. The Morgan fingerprint density at radius 1 is 1.16 bits per heavy atom. The van der Waals surface area contributed by atoms with E-state index in [4.69, 9.17) is 9.84 Å². The van der Waals surface area contributed by atoms with Crippen LogP contribution >= 0.6 is 0 Å². The van der Waals surface area contributed by atoms with Crippen molar-refractivity contribution in [2.24, 2.45) is 5.41 Å². The number of carbonyl (C=O) groups excluding carboxylic acids is 1. The Morgan fingerprint density at radius 2 is 1.76 bits per heavy atom. The van der Waals surface area contributed by atoms with E-state index in [1.54, 1.807) is 0 Å². The Kier molecular flexibility index (Phi) is 4.81. The third-order valence-corrected chi connectivity index (χ3v) is 6.53. The molecule has 0 bridgehead atoms. The second kappa shape index (κ2) is 6.74. The Labute approximate surface area is 145 Å². The molecule has 2 N–H and O–H groups in total. The maximum Gasteiger partial charge on any atom is 0.311 e. The van der Waals surface area contributed by atoms with Crippen LogP contribution < -0.4 is 5.32 Å². The molecule has 9 heteroatoms. The maximum atomic E-state index is 12.5. The molecule has 8 nitrogen and oxygen atoms in total. The van der Waals surface area contributed by atoms with Crippen LogP contribution in [0.25, 0.3) is 0 Å². The van der Waals surface area contributed by atoms with Crippen LogP contribution in [0.2, 0.25) is 0 Å². The zero-order chi connectivity index (χ0) is 18.1. The molecule has 0 spiro atoms. The van der Waals surface area contributed by atoms with Gasteiger partial charge in [0.15, 0.2) is 0 Å². The van der Waals surface area contributed by atoms with E-state index in [-0.39, 0.29) is 11.4 Å². The highest BCUT2D eigenvalue weighted by molar-refractivity contribution is 7.89. The molecule has 1 aromatic carbocycles. The topological polar surface area (TPSA) is 113 Å². The summed E-state index contributed by atoms with van der Waals surface area (Å²) >= 11 is 0. The van der Waals surface area contributed by atoms with Gasteiger partial charge in [0.1, 0.15) is 0 Å². The molecule has 1 aliphatic heterocycles. The highest BCUT2D eigenvalue weighted by atomic mass is 32.2. The molecule has 2 aliphatic rings. The van der Waals surface area contributed by atoms with Gasteiger partial charge < -0.3 is 15.2 Å². The molecule has 1 aromatic rings. The zero-order valence-corrected chi connectivity index (χ0v) is 14.4. The van der Waals surface area contributed by atoms with E-state index in [0.29, 0.717) is 44.7 Å². The van der Waals surface area contributed by atoms with Crippen LogP contribution in [0.15, 0.2) is 29.2 Å². The number of hydrogen-bond donors (Lipinski definition) is 2. The monoisotopic (exact) mass is 368 g/mol. The molecule has 1 heterocycles. The van der Waals surface area contributed by atoms with E-state index < -0.39 is 27.3 Å². The number of rotatable bonds is 6. The molecule has 3 rings (SSSR count). The summed E-state index contributed by atoms with van der Waals surface area (Å²) in [4.78, 5) is 23.4. The van der Waals surface area contributed by atoms with Crippen LogP contribution in [-0.2, 0) is 19.6 Å². The van der Waals surface area contributed by atoms with Crippen molar-refractivity contribution in [3.8, 4) is 0 Å². The van der Waals surface area contributed by atoms with Gasteiger partial charge in [0.25, 0.3) is 5.91 Å². The molecule has 136 valence electrons. The molecule has 25 heavy (non-hydrogen) atoms. The van der Waals surface area contributed by atoms with E-state index >= 15 is 0 Å². The first-order valence-corrected chi connectivity index (χ1v) is 9.49. The number of amides is 1. The third-order valence-electron chi connectivity index (χ3n) is 4.62. The average molecular weight is 368 g/mol. The fourth-order valence-corrected chi connectivity index (χ4v) is 4.09. The summed E-state index contributed by atoms with van der Waals surface area (Å²) in [6.45, 7) is 1.43. The maximum absolute atomic E-state index is 12.5. The quantitative estimate of drug-likeness (QED) is 0.747. The Morgan fingerprint density at radius 3 is 2.28 bits per heavy atom. The second-order valence-electron chi connectivity index (χ2n) is 6.31. The molecule has 1 saturated carbocycles. The molecule has 0 unspecified atom stereocenters. The number of hydrogen-bond acceptors (Lipinski definition) is 5. The Hall–Kier alpha value is -1.97. The van der Waals surface area contributed by atoms with Gasteiger partial charge in [-0.2, -0.15) is 4.31 Å². The fraction of sp³-hybridized carbons (Fsp3) is 0.500. The molecular weight excluding hydrogens is 348 g/mol. The molecular formula is C16H20N2O6S. The van der Waals surface area contributed by atoms with Crippen LogP contribution in [0.3, 0.4) is 0 Å². The third kappa shape index (κ3) is 3.68.